The number of benzene rings is 1. The Hall–Kier alpha value is -1.52. The Bertz CT molecular complexity index is 616. The number of hydrogen-bond donors (Lipinski definition) is 1. The van der Waals surface area contributed by atoms with Gasteiger partial charge in [0.05, 0.1) is 21.3 Å². The van der Waals surface area contributed by atoms with Crippen molar-refractivity contribution in [3.05, 3.63) is 39.5 Å². The maximum Gasteiger partial charge on any atom is 0.337 e. The van der Waals surface area contributed by atoms with Crippen LogP contribution in [-0.2, 0) is 7.05 Å². The van der Waals surface area contributed by atoms with Crippen molar-refractivity contribution < 1.29 is 9.90 Å². The second-order valence-corrected chi connectivity index (χ2v) is 4.67. The van der Waals surface area contributed by atoms with E-state index in [1.54, 1.807) is 17.8 Å². The summed E-state index contributed by atoms with van der Waals surface area (Å²) in [5, 5.41) is 13.8. The molecular weight excluding hydrogens is 275 g/mol. The molecule has 0 aliphatic heterocycles. The molecule has 1 heterocycles. The van der Waals surface area contributed by atoms with E-state index in [4.69, 9.17) is 28.3 Å². The van der Waals surface area contributed by atoms with Crippen molar-refractivity contribution in [1.82, 2.24) is 9.78 Å². The predicted molar refractivity (Wildman–Crippen MR) is 70.4 cm³/mol. The molecule has 0 atom stereocenters. The van der Waals surface area contributed by atoms with Crippen LogP contribution in [0.4, 0.5) is 0 Å². The highest BCUT2D eigenvalue weighted by Gasteiger charge is 2.18. The fourth-order valence-corrected chi connectivity index (χ4v) is 2.28. The van der Waals surface area contributed by atoms with E-state index in [0.717, 1.165) is 5.69 Å². The van der Waals surface area contributed by atoms with Gasteiger partial charge in [0.15, 0.2) is 0 Å². The molecule has 0 fully saturated rings. The van der Waals surface area contributed by atoms with Crippen molar-refractivity contribution in [3.8, 4) is 11.3 Å². The average Bonchev–Trinajstić information content (AvgIpc) is 2.58. The number of halogens is 2. The van der Waals surface area contributed by atoms with Crippen molar-refractivity contribution in [2.75, 3.05) is 0 Å². The molecule has 94 valence electrons. The summed E-state index contributed by atoms with van der Waals surface area (Å²) in [6, 6.07) is 4.70. The lowest BCUT2D eigenvalue weighted by atomic mass is 10.1. The van der Waals surface area contributed by atoms with Crippen LogP contribution in [0.1, 0.15) is 16.1 Å². The first kappa shape index (κ1) is 12.9. The number of aryl methyl sites for hydroxylation is 2. The minimum Gasteiger partial charge on any atom is -0.478 e. The molecule has 1 aromatic heterocycles. The van der Waals surface area contributed by atoms with E-state index >= 15 is 0 Å². The molecule has 0 amide bonds. The Morgan fingerprint density at radius 1 is 1.39 bits per heavy atom. The summed E-state index contributed by atoms with van der Waals surface area (Å²) < 4.78 is 1.68. The minimum atomic E-state index is -1.09. The van der Waals surface area contributed by atoms with Crippen LogP contribution in [0.5, 0.6) is 0 Å². The van der Waals surface area contributed by atoms with Crippen LogP contribution in [0.15, 0.2) is 18.2 Å². The Balaban J connectivity index is 2.70. The molecule has 0 bridgehead atoms. The maximum absolute atomic E-state index is 11.0. The van der Waals surface area contributed by atoms with Gasteiger partial charge < -0.3 is 5.11 Å². The van der Waals surface area contributed by atoms with Gasteiger partial charge in [-0.2, -0.15) is 5.10 Å². The number of carbonyl (C=O) groups is 1. The summed E-state index contributed by atoms with van der Waals surface area (Å²) in [5.41, 5.74) is 1.95. The van der Waals surface area contributed by atoms with E-state index in [0.29, 0.717) is 16.3 Å². The summed E-state index contributed by atoms with van der Waals surface area (Å²) in [6.07, 6.45) is 0. The van der Waals surface area contributed by atoms with E-state index in [-0.39, 0.29) is 10.6 Å². The van der Waals surface area contributed by atoms with Crippen LogP contribution < -0.4 is 0 Å². The van der Waals surface area contributed by atoms with Gasteiger partial charge in [-0.25, -0.2) is 4.79 Å². The quantitative estimate of drug-likeness (QED) is 0.920. The largest absolute Gasteiger partial charge is 0.478 e. The number of aromatic carboxylic acids is 1. The van der Waals surface area contributed by atoms with Gasteiger partial charge in [-0.05, 0) is 25.1 Å². The monoisotopic (exact) mass is 284 g/mol. The fourth-order valence-electron chi connectivity index (χ4n) is 1.64. The highest BCUT2D eigenvalue weighted by molar-refractivity contribution is 6.40. The molecule has 0 radical (unpaired) electrons. The van der Waals surface area contributed by atoms with E-state index in [1.807, 2.05) is 6.92 Å². The van der Waals surface area contributed by atoms with Gasteiger partial charge in [0, 0.05) is 18.3 Å². The molecule has 0 spiro atoms. The van der Waals surface area contributed by atoms with E-state index < -0.39 is 5.97 Å². The van der Waals surface area contributed by atoms with Gasteiger partial charge in [0.2, 0.25) is 0 Å². The number of nitrogens with zero attached hydrogens (tertiary/aromatic N) is 2. The van der Waals surface area contributed by atoms with Crippen LogP contribution in [0, 0.1) is 6.92 Å². The summed E-state index contributed by atoms with van der Waals surface area (Å²) >= 11 is 12.2. The molecule has 18 heavy (non-hydrogen) atoms. The molecule has 2 aromatic rings. The molecule has 1 aromatic carbocycles. The number of carboxylic acids is 1. The SMILES string of the molecule is Cc1cc(-c2c(Cl)ccc(C(=O)O)c2Cl)nn1C. The molecule has 2 rings (SSSR count). The zero-order chi connectivity index (χ0) is 13.4. The summed E-state index contributed by atoms with van der Waals surface area (Å²) in [6.45, 7) is 1.89. The molecular formula is C12H10Cl2N2O2. The zero-order valence-electron chi connectivity index (χ0n) is 9.74. The second-order valence-electron chi connectivity index (χ2n) is 3.88. The van der Waals surface area contributed by atoms with Crippen molar-refractivity contribution in [3.63, 3.8) is 0 Å². The molecule has 0 saturated carbocycles. The molecule has 0 unspecified atom stereocenters. The fraction of sp³-hybridized carbons (Fsp3) is 0.167. The summed E-state index contributed by atoms with van der Waals surface area (Å²) in [4.78, 5) is 11.0. The number of rotatable bonds is 2. The lowest BCUT2D eigenvalue weighted by Gasteiger charge is -2.06. The Labute approximate surface area is 114 Å². The first-order chi connectivity index (χ1) is 8.41. The van der Waals surface area contributed by atoms with Crippen LogP contribution >= 0.6 is 23.2 Å². The van der Waals surface area contributed by atoms with Gasteiger partial charge >= 0.3 is 5.97 Å². The molecule has 0 aliphatic rings. The Kier molecular flexibility index (Phi) is 3.32. The van der Waals surface area contributed by atoms with Crippen molar-refractivity contribution in [2.24, 2.45) is 7.05 Å². The van der Waals surface area contributed by atoms with Crippen LogP contribution in [0.3, 0.4) is 0 Å². The third-order valence-corrected chi connectivity index (χ3v) is 3.40. The summed E-state index contributed by atoms with van der Waals surface area (Å²) in [7, 11) is 1.79. The molecule has 1 N–H and O–H groups in total. The highest BCUT2D eigenvalue weighted by atomic mass is 35.5. The normalized spacial score (nSPS) is 10.7. The van der Waals surface area contributed by atoms with Gasteiger partial charge in [-0.15, -0.1) is 0 Å². The van der Waals surface area contributed by atoms with Crippen molar-refractivity contribution in [1.29, 1.82) is 0 Å². The smallest absolute Gasteiger partial charge is 0.337 e. The first-order valence-electron chi connectivity index (χ1n) is 5.14. The van der Waals surface area contributed by atoms with Gasteiger partial charge in [-0.1, -0.05) is 23.2 Å². The second kappa shape index (κ2) is 4.63. The van der Waals surface area contributed by atoms with Gasteiger partial charge in [0.25, 0.3) is 0 Å². The van der Waals surface area contributed by atoms with Crippen molar-refractivity contribution in [2.45, 2.75) is 6.92 Å². The standard InChI is InChI=1S/C12H10Cl2N2O2/c1-6-5-9(15-16(6)2)10-8(13)4-3-7(11(10)14)12(17)18/h3-5H,1-2H3,(H,17,18). The Morgan fingerprint density at radius 3 is 2.56 bits per heavy atom. The lowest BCUT2D eigenvalue weighted by molar-refractivity contribution is 0.0697. The number of aromatic nitrogens is 2. The van der Waals surface area contributed by atoms with E-state index in [2.05, 4.69) is 5.10 Å². The van der Waals surface area contributed by atoms with Crippen molar-refractivity contribution >= 4 is 29.2 Å². The third kappa shape index (κ3) is 2.09. The maximum atomic E-state index is 11.0. The van der Waals surface area contributed by atoms with E-state index in [1.165, 1.54) is 12.1 Å². The van der Waals surface area contributed by atoms with Gasteiger partial charge in [-0.3, -0.25) is 4.68 Å². The zero-order valence-corrected chi connectivity index (χ0v) is 11.2. The van der Waals surface area contributed by atoms with Gasteiger partial charge in [0.1, 0.15) is 0 Å². The van der Waals surface area contributed by atoms with Crippen LogP contribution in [0.25, 0.3) is 11.3 Å². The average molecular weight is 285 g/mol. The number of hydrogen-bond acceptors (Lipinski definition) is 2. The molecule has 0 aliphatic carbocycles. The summed E-state index contributed by atoms with van der Waals surface area (Å²) in [5.74, 6) is -1.09. The van der Waals surface area contributed by atoms with Crippen LogP contribution in [0.2, 0.25) is 10.0 Å². The molecule has 4 nitrogen and oxygen atoms in total. The first-order valence-corrected chi connectivity index (χ1v) is 5.89. The topological polar surface area (TPSA) is 55.1 Å². The van der Waals surface area contributed by atoms with E-state index in [9.17, 15) is 4.79 Å². The third-order valence-electron chi connectivity index (χ3n) is 2.69. The Morgan fingerprint density at radius 2 is 2.06 bits per heavy atom. The highest BCUT2D eigenvalue weighted by Crippen LogP contribution is 2.36. The number of carboxylic acid groups (broad SMARTS) is 1. The molecule has 0 saturated heterocycles. The minimum absolute atomic E-state index is 0.0133. The lowest BCUT2D eigenvalue weighted by Crippen LogP contribution is -1.99. The molecule has 6 heteroatoms. The van der Waals surface area contributed by atoms with Crippen LogP contribution in [-0.4, -0.2) is 20.9 Å². The predicted octanol–water partition coefficient (Wildman–Crippen LogP) is 3.40.